The highest BCUT2D eigenvalue weighted by Gasteiger charge is 2.14. The lowest BCUT2D eigenvalue weighted by Gasteiger charge is -2.19. The number of benzene rings is 2. The highest BCUT2D eigenvalue weighted by Crippen LogP contribution is 2.29. The van der Waals surface area contributed by atoms with E-state index in [1.165, 1.54) is 5.56 Å². The van der Waals surface area contributed by atoms with Gasteiger partial charge in [0.2, 0.25) is 5.88 Å². The van der Waals surface area contributed by atoms with Crippen LogP contribution in [-0.2, 0) is 11.8 Å². The number of methoxy groups -OCH3 is 1. The summed E-state index contributed by atoms with van der Waals surface area (Å²) in [5, 5.41) is 14.6. The number of nitrogens with one attached hydrogen (secondary N) is 1. The first kappa shape index (κ1) is 21.2. The second-order valence-corrected chi connectivity index (χ2v) is 9.36. The fourth-order valence-electron chi connectivity index (χ4n) is 3.48. The first-order chi connectivity index (χ1) is 14.8. The average molecular weight is 477 g/mol. The van der Waals surface area contributed by atoms with Crippen molar-refractivity contribution in [1.29, 1.82) is 0 Å². The lowest BCUT2D eigenvalue weighted by Crippen LogP contribution is -2.10. The Balaban J connectivity index is 1.64. The van der Waals surface area contributed by atoms with E-state index >= 15 is 0 Å². The van der Waals surface area contributed by atoms with E-state index in [1.54, 1.807) is 7.11 Å². The third-order valence-electron chi connectivity index (χ3n) is 5.21. The molecule has 4 rings (SSSR count). The predicted octanol–water partition coefficient (Wildman–Crippen LogP) is 6.43. The molecule has 0 unspecified atom stereocenters. The van der Waals surface area contributed by atoms with Crippen LogP contribution in [0.15, 0.2) is 65.3 Å². The van der Waals surface area contributed by atoms with Crippen LogP contribution in [0.1, 0.15) is 37.6 Å². The van der Waals surface area contributed by atoms with Crippen LogP contribution in [0.4, 0.5) is 11.5 Å². The molecule has 0 aliphatic rings. The van der Waals surface area contributed by atoms with Crippen LogP contribution in [0, 0.1) is 0 Å². The molecular weight excluding hydrogens is 452 g/mol. The van der Waals surface area contributed by atoms with Crippen LogP contribution in [0.5, 0.6) is 5.88 Å². The molecule has 2 aromatic heterocycles. The predicted molar refractivity (Wildman–Crippen MR) is 129 cm³/mol. The molecule has 0 amide bonds. The summed E-state index contributed by atoms with van der Waals surface area (Å²) in [5.41, 5.74) is 4.35. The molecule has 4 aromatic rings. The minimum absolute atomic E-state index is 0.123. The molecule has 5 nitrogen and oxygen atoms in total. The van der Waals surface area contributed by atoms with Gasteiger partial charge in [-0.05, 0) is 50.7 Å². The first-order valence-electron chi connectivity index (χ1n) is 10.2. The topological polar surface area (TPSA) is 59.9 Å². The minimum atomic E-state index is 0.123. The molecule has 31 heavy (non-hydrogen) atoms. The lowest BCUT2D eigenvalue weighted by molar-refractivity contribution is 0.394. The molecule has 0 fully saturated rings. The van der Waals surface area contributed by atoms with Gasteiger partial charge in [0.15, 0.2) is 5.82 Å². The summed E-state index contributed by atoms with van der Waals surface area (Å²) in [6.45, 7) is 6.64. The first-order valence-corrected chi connectivity index (χ1v) is 10.9. The molecule has 0 aliphatic heterocycles. The molecule has 0 saturated heterocycles. The standard InChI is InChI=1S/C25H25BrN4O/c1-25(2,3)17-9-11-18(12-10-17)28-23-20-8-6-5-7-19(20)22(29-30-23)14-16-13-21(26)24(31-4)27-15-16/h5-13,15H,14H2,1-4H3,(H,28,30). The van der Waals surface area contributed by atoms with Crippen molar-refractivity contribution < 1.29 is 4.74 Å². The molecule has 0 radical (unpaired) electrons. The molecule has 1 N–H and O–H groups in total. The molecule has 2 heterocycles. The summed E-state index contributed by atoms with van der Waals surface area (Å²) < 4.78 is 6.05. The lowest BCUT2D eigenvalue weighted by atomic mass is 9.87. The summed E-state index contributed by atoms with van der Waals surface area (Å²) in [6, 6.07) is 18.7. The Kier molecular flexibility index (Phi) is 5.92. The van der Waals surface area contributed by atoms with E-state index in [0.717, 1.165) is 38.0 Å². The smallest absolute Gasteiger partial charge is 0.227 e. The van der Waals surface area contributed by atoms with Crippen LogP contribution in [-0.4, -0.2) is 22.3 Å². The normalized spacial score (nSPS) is 11.5. The number of hydrogen-bond acceptors (Lipinski definition) is 5. The van der Waals surface area contributed by atoms with Gasteiger partial charge in [0.1, 0.15) is 0 Å². The number of pyridine rings is 1. The number of fused-ring (bicyclic) bond motifs is 1. The molecule has 0 atom stereocenters. The van der Waals surface area contributed by atoms with Gasteiger partial charge in [0.25, 0.3) is 0 Å². The maximum absolute atomic E-state index is 5.22. The van der Waals surface area contributed by atoms with E-state index in [4.69, 9.17) is 4.74 Å². The summed E-state index contributed by atoms with van der Waals surface area (Å²) >= 11 is 3.50. The second-order valence-electron chi connectivity index (χ2n) is 8.50. The number of hydrogen-bond donors (Lipinski definition) is 1. The van der Waals surface area contributed by atoms with Gasteiger partial charge in [0, 0.05) is 29.1 Å². The SMILES string of the molecule is COc1ncc(Cc2nnc(Nc3ccc(C(C)(C)C)cc3)c3ccccc23)cc1Br. The fraction of sp³-hybridized carbons (Fsp3) is 0.240. The quantitative estimate of drug-likeness (QED) is 0.359. The Hall–Kier alpha value is -2.99. The van der Waals surface area contributed by atoms with Crippen molar-refractivity contribution in [2.24, 2.45) is 0 Å². The monoisotopic (exact) mass is 476 g/mol. The third kappa shape index (κ3) is 4.69. The Labute approximate surface area is 191 Å². The summed E-state index contributed by atoms with van der Waals surface area (Å²) in [5.74, 6) is 1.31. The average Bonchev–Trinajstić information content (AvgIpc) is 2.75. The third-order valence-corrected chi connectivity index (χ3v) is 5.77. The fourth-order valence-corrected chi connectivity index (χ4v) is 4.04. The second kappa shape index (κ2) is 8.63. The Morgan fingerprint density at radius 1 is 0.968 bits per heavy atom. The van der Waals surface area contributed by atoms with Gasteiger partial charge in [-0.2, -0.15) is 5.10 Å². The number of rotatable bonds is 5. The zero-order valence-corrected chi connectivity index (χ0v) is 19.7. The van der Waals surface area contributed by atoms with E-state index in [0.29, 0.717) is 12.3 Å². The van der Waals surface area contributed by atoms with E-state index in [1.807, 2.05) is 24.4 Å². The summed E-state index contributed by atoms with van der Waals surface area (Å²) in [6.07, 6.45) is 2.44. The van der Waals surface area contributed by atoms with Crippen molar-refractivity contribution in [2.75, 3.05) is 12.4 Å². The molecule has 2 aromatic carbocycles. The van der Waals surface area contributed by atoms with Crippen molar-refractivity contribution in [3.05, 3.63) is 82.1 Å². The van der Waals surface area contributed by atoms with Crippen molar-refractivity contribution in [2.45, 2.75) is 32.6 Å². The van der Waals surface area contributed by atoms with Gasteiger partial charge in [0.05, 0.1) is 17.3 Å². The van der Waals surface area contributed by atoms with Gasteiger partial charge >= 0.3 is 0 Å². The number of nitrogens with zero attached hydrogens (tertiary/aromatic N) is 3. The van der Waals surface area contributed by atoms with E-state index in [9.17, 15) is 0 Å². The number of aromatic nitrogens is 3. The van der Waals surface area contributed by atoms with Gasteiger partial charge in [-0.15, -0.1) is 5.10 Å². The number of ether oxygens (including phenoxy) is 1. The molecule has 6 heteroatoms. The Bertz CT molecular complexity index is 1220. The van der Waals surface area contributed by atoms with Gasteiger partial charge in [-0.25, -0.2) is 4.98 Å². The maximum atomic E-state index is 5.22. The van der Waals surface area contributed by atoms with Crippen molar-refractivity contribution in [3.8, 4) is 5.88 Å². The van der Waals surface area contributed by atoms with Crippen LogP contribution >= 0.6 is 15.9 Å². The van der Waals surface area contributed by atoms with Crippen LogP contribution in [0.3, 0.4) is 0 Å². The van der Waals surface area contributed by atoms with Crippen molar-refractivity contribution in [1.82, 2.24) is 15.2 Å². The molecule has 0 aliphatic carbocycles. The molecule has 158 valence electrons. The molecule has 0 spiro atoms. The largest absolute Gasteiger partial charge is 0.480 e. The van der Waals surface area contributed by atoms with Crippen molar-refractivity contribution >= 4 is 38.2 Å². The van der Waals surface area contributed by atoms with Gasteiger partial charge in [-0.3, -0.25) is 0 Å². The van der Waals surface area contributed by atoms with E-state index < -0.39 is 0 Å². The molecular formula is C25H25BrN4O. The summed E-state index contributed by atoms with van der Waals surface area (Å²) in [4.78, 5) is 4.34. The van der Waals surface area contributed by atoms with Gasteiger partial charge < -0.3 is 10.1 Å². The van der Waals surface area contributed by atoms with E-state index in [-0.39, 0.29) is 5.41 Å². The number of anilines is 2. The minimum Gasteiger partial charge on any atom is -0.480 e. The van der Waals surface area contributed by atoms with Gasteiger partial charge in [-0.1, -0.05) is 57.2 Å². The zero-order chi connectivity index (χ0) is 22.0. The highest BCUT2D eigenvalue weighted by molar-refractivity contribution is 9.10. The molecule has 0 bridgehead atoms. The molecule has 0 saturated carbocycles. The highest BCUT2D eigenvalue weighted by atomic mass is 79.9. The van der Waals surface area contributed by atoms with Crippen molar-refractivity contribution in [3.63, 3.8) is 0 Å². The van der Waals surface area contributed by atoms with Crippen LogP contribution in [0.25, 0.3) is 10.8 Å². The maximum Gasteiger partial charge on any atom is 0.227 e. The van der Waals surface area contributed by atoms with E-state index in [2.05, 4.69) is 93.6 Å². The van der Waals surface area contributed by atoms with Crippen LogP contribution < -0.4 is 10.1 Å². The zero-order valence-electron chi connectivity index (χ0n) is 18.1. The number of halogens is 1. The Morgan fingerprint density at radius 3 is 2.32 bits per heavy atom. The Morgan fingerprint density at radius 2 is 1.68 bits per heavy atom. The van der Waals surface area contributed by atoms with Crippen LogP contribution in [0.2, 0.25) is 0 Å². The summed E-state index contributed by atoms with van der Waals surface area (Å²) in [7, 11) is 1.61.